The molecule has 2 aromatic heterocycles. The SMILES string of the molecule is Oc1cc(-c2ccncc2Cl)c(-c2ccc(C(F)(F)F)cc2)nn1. The Morgan fingerprint density at radius 2 is 1.67 bits per heavy atom. The van der Waals surface area contributed by atoms with Crippen molar-refractivity contribution in [2.24, 2.45) is 0 Å². The van der Waals surface area contributed by atoms with Crippen molar-refractivity contribution in [1.29, 1.82) is 0 Å². The van der Waals surface area contributed by atoms with Gasteiger partial charge >= 0.3 is 6.18 Å². The molecule has 3 aromatic rings. The van der Waals surface area contributed by atoms with Crippen molar-refractivity contribution in [2.45, 2.75) is 6.18 Å². The first-order valence-corrected chi connectivity index (χ1v) is 7.08. The van der Waals surface area contributed by atoms with E-state index in [9.17, 15) is 18.3 Å². The van der Waals surface area contributed by atoms with Crippen molar-refractivity contribution in [2.75, 3.05) is 0 Å². The highest BCUT2D eigenvalue weighted by atomic mass is 35.5. The monoisotopic (exact) mass is 351 g/mol. The molecule has 2 heterocycles. The molecule has 8 heteroatoms. The summed E-state index contributed by atoms with van der Waals surface area (Å²) in [7, 11) is 0. The Morgan fingerprint density at radius 3 is 2.29 bits per heavy atom. The van der Waals surface area contributed by atoms with Gasteiger partial charge in [-0.15, -0.1) is 10.2 Å². The summed E-state index contributed by atoms with van der Waals surface area (Å²) in [5.74, 6) is -0.325. The minimum atomic E-state index is -4.42. The number of halogens is 4. The zero-order valence-electron chi connectivity index (χ0n) is 11.9. The van der Waals surface area contributed by atoms with E-state index < -0.39 is 11.7 Å². The normalized spacial score (nSPS) is 11.5. The highest BCUT2D eigenvalue weighted by Crippen LogP contribution is 2.36. The second kappa shape index (κ2) is 6.09. The Kier molecular flexibility index (Phi) is 4.11. The minimum Gasteiger partial charge on any atom is -0.492 e. The van der Waals surface area contributed by atoms with Crippen molar-refractivity contribution < 1.29 is 18.3 Å². The molecule has 3 rings (SSSR count). The first-order valence-electron chi connectivity index (χ1n) is 6.70. The van der Waals surface area contributed by atoms with Crippen LogP contribution in [0, 0.1) is 0 Å². The van der Waals surface area contributed by atoms with Crippen molar-refractivity contribution in [1.82, 2.24) is 15.2 Å². The molecule has 0 radical (unpaired) electrons. The van der Waals surface area contributed by atoms with Gasteiger partial charge in [-0.1, -0.05) is 23.7 Å². The topological polar surface area (TPSA) is 58.9 Å². The third-order valence-corrected chi connectivity index (χ3v) is 3.63. The van der Waals surface area contributed by atoms with Gasteiger partial charge in [0.15, 0.2) is 0 Å². The van der Waals surface area contributed by atoms with Crippen molar-refractivity contribution in [3.05, 3.63) is 59.4 Å². The van der Waals surface area contributed by atoms with Gasteiger partial charge < -0.3 is 5.11 Å². The van der Waals surface area contributed by atoms with E-state index in [-0.39, 0.29) is 5.88 Å². The van der Waals surface area contributed by atoms with E-state index in [1.165, 1.54) is 30.6 Å². The van der Waals surface area contributed by atoms with Crippen molar-refractivity contribution in [3.8, 4) is 28.3 Å². The maximum absolute atomic E-state index is 12.7. The third-order valence-electron chi connectivity index (χ3n) is 3.33. The lowest BCUT2D eigenvalue weighted by Crippen LogP contribution is -2.04. The molecule has 0 spiro atoms. The fourth-order valence-corrected chi connectivity index (χ4v) is 2.43. The molecule has 4 nitrogen and oxygen atoms in total. The van der Waals surface area contributed by atoms with Gasteiger partial charge in [-0.05, 0) is 18.2 Å². The van der Waals surface area contributed by atoms with E-state index in [0.717, 1.165) is 12.1 Å². The molecule has 0 amide bonds. The Bertz CT molecular complexity index is 882. The molecule has 122 valence electrons. The first-order chi connectivity index (χ1) is 11.4. The number of hydrogen-bond acceptors (Lipinski definition) is 4. The maximum atomic E-state index is 12.7. The molecule has 0 unspecified atom stereocenters. The van der Waals surface area contributed by atoms with E-state index >= 15 is 0 Å². The molecule has 0 saturated carbocycles. The molecule has 0 atom stereocenters. The zero-order valence-corrected chi connectivity index (χ0v) is 12.7. The number of benzene rings is 1. The summed E-state index contributed by atoms with van der Waals surface area (Å²) in [5, 5.41) is 17.4. The van der Waals surface area contributed by atoms with Crippen LogP contribution in [0.3, 0.4) is 0 Å². The van der Waals surface area contributed by atoms with Crippen LogP contribution in [0.2, 0.25) is 5.02 Å². The number of pyridine rings is 1. The standard InChI is InChI=1S/C16H9ClF3N3O/c17-13-8-21-6-5-11(13)12-7-14(24)22-23-15(12)9-1-3-10(4-2-9)16(18,19)20/h1-8H,(H,22,24). The molecule has 1 aromatic carbocycles. The van der Waals surface area contributed by atoms with E-state index in [1.807, 2.05) is 0 Å². The highest BCUT2D eigenvalue weighted by Gasteiger charge is 2.30. The van der Waals surface area contributed by atoms with Gasteiger partial charge in [0, 0.05) is 35.2 Å². The highest BCUT2D eigenvalue weighted by molar-refractivity contribution is 6.33. The lowest BCUT2D eigenvalue weighted by molar-refractivity contribution is -0.137. The molecule has 0 aliphatic heterocycles. The fourth-order valence-electron chi connectivity index (χ4n) is 2.21. The Labute approximate surface area is 139 Å². The smallest absolute Gasteiger partial charge is 0.416 e. The van der Waals surface area contributed by atoms with Crippen LogP contribution in [0.1, 0.15) is 5.56 Å². The quantitative estimate of drug-likeness (QED) is 0.734. The number of rotatable bonds is 2. The summed E-state index contributed by atoms with van der Waals surface area (Å²) in [4.78, 5) is 3.88. The predicted molar refractivity (Wildman–Crippen MR) is 82.4 cm³/mol. The average molecular weight is 352 g/mol. The third kappa shape index (κ3) is 3.16. The average Bonchev–Trinajstić information content (AvgIpc) is 2.54. The van der Waals surface area contributed by atoms with E-state index in [1.54, 1.807) is 6.07 Å². The summed E-state index contributed by atoms with van der Waals surface area (Å²) in [6, 6.07) is 7.47. The largest absolute Gasteiger partial charge is 0.492 e. The van der Waals surface area contributed by atoms with Gasteiger partial charge in [-0.2, -0.15) is 13.2 Å². The van der Waals surface area contributed by atoms with Crippen LogP contribution in [0.25, 0.3) is 22.4 Å². The van der Waals surface area contributed by atoms with Crippen LogP contribution in [0.4, 0.5) is 13.2 Å². The molecule has 0 aliphatic carbocycles. The number of aromatic hydroxyl groups is 1. The predicted octanol–water partition coefficient (Wildman–Crippen LogP) is 4.58. The molecule has 1 N–H and O–H groups in total. The second-order valence-corrected chi connectivity index (χ2v) is 5.30. The van der Waals surface area contributed by atoms with E-state index in [2.05, 4.69) is 15.2 Å². The number of alkyl halides is 3. The van der Waals surface area contributed by atoms with Gasteiger partial charge in [-0.25, -0.2) is 0 Å². The van der Waals surface area contributed by atoms with Gasteiger partial charge in [0.1, 0.15) is 5.69 Å². The number of nitrogens with zero attached hydrogens (tertiary/aromatic N) is 3. The number of aromatic nitrogens is 3. The summed E-state index contributed by atoms with van der Waals surface area (Å²) in [6.45, 7) is 0. The summed E-state index contributed by atoms with van der Waals surface area (Å²) >= 11 is 6.11. The molecule has 0 saturated heterocycles. The molecular formula is C16H9ClF3N3O. The molecule has 0 fully saturated rings. The van der Waals surface area contributed by atoms with Gasteiger partial charge in [0.2, 0.25) is 5.88 Å². The zero-order chi connectivity index (χ0) is 17.3. The molecule has 24 heavy (non-hydrogen) atoms. The second-order valence-electron chi connectivity index (χ2n) is 4.90. The Hall–Kier alpha value is -2.67. The van der Waals surface area contributed by atoms with Crippen LogP contribution in [0.15, 0.2) is 48.8 Å². The van der Waals surface area contributed by atoms with E-state index in [4.69, 9.17) is 11.6 Å². The lowest BCUT2D eigenvalue weighted by Gasteiger charge is -2.11. The van der Waals surface area contributed by atoms with Crippen LogP contribution in [-0.2, 0) is 6.18 Å². The summed E-state index contributed by atoms with van der Waals surface area (Å²) < 4.78 is 38.1. The number of hydrogen-bond donors (Lipinski definition) is 1. The van der Waals surface area contributed by atoms with Crippen molar-refractivity contribution >= 4 is 11.6 Å². The van der Waals surface area contributed by atoms with E-state index in [0.29, 0.717) is 27.4 Å². The summed E-state index contributed by atoms with van der Waals surface area (Å²) in [5.41, 5.74) is 0.927. The molecule has 0 aliphatic rings. The molecular weight excluding hydrogens is 343 g/mol. The first kappa shape index (κ1) is 16.2. The van der Waals surface area contributed by atoms with Crippen LogP contribution in [-0.4, -0.2) is 20.3 Å². The van der Waals surface area contributed by atoms with Crippen LogP contribution < -0.4 is 0 Å². The van der Waals surface area contributed by atoms with Crippen LogP contribution in [0.5, 0.6) is 5.88 Å². The fraction of sp³-hybridized carbons (Fsp3) is 0.0625. The Balaban J connectivity index is 2.14. The Morgan fingerprint density at radius 1 is 0.958 bits per heavy atom. The van der Waals surface area contributed by atoms with Gasteiger partial charge in [0.05, 0.1) is 10.6 Å². The maximum Gasteiger partial charge on any atom is 0.416 e. The van der Waals surface area contributed by atoms with Crippen molar-refractivity contribution in [3.63, 3.8) is 0 Å². The lowest BCUT2D eigenvalue weighted by atomic mass is 10.00. The minimum absolute atomic E-state index is 0.301. The van der Waals surface area contributed by atoms with Gasteiger partial charge in [-0.3, -0.25) is 4.98 Å². The van der Waals surface area contributed by atoms with Gasteiger partial charge in [0.25, 0.3) is 0 Å². The summed E-state index contributed by atoms with van der Waals surface area (Å²) in [6.07, 6.45) is -1.49. The molecule has 0 bridgehead atoms. The van der Waals surface area contributed by atoms with Crippen LogP contribution >= 0.6 is 11.6 Å².